The van der Waals surface area contributed by atoms with E-state index in [1.54, 1.807) is 6.20 Å². The molecular weight excluding hydrogens is 178 g/mol. The number of hydrogen-bond donors (Lipinski definition) is 1. The number of aromatic nitrogens is 2. The van der Waals surface area contributed by atoms with Crippen LogP contribution in [-0.2, 0) is 6.54 Å². The van der Waals surface area contributed by atoms with E-state index in [0.717, 1.165) is 17.0 Å². The highest BCUT2D eigenvalue weighted by atomic mass is 16.4. The van der Waals surface area contributed by atoms with Crippen molar-refractivity contribution < 1.29 is 4.42 Å². The van der Waals surface area contributed by atoms with Crippen molar-refractivity contribution in [3.05, 3.63) is 23.7 Å². The Labute approximate surface area is 81.1 Å². The van der Waals surface area contributed by atoms with Crippen LogP contribution >= 0.6 is 0 Å². The normalized spacial score (nSPS) is 16.4. The van der Waals surface area contributed by atoms with Gasteiger partial charge >= 0.3 is 0 Å². The van der Waals surface area contributed by atoms with E-state index in [0.29, 0.717) is 18.2 Å². The van der Waals surface area contributed by atoms with Gasteiger partial charge in [-0.25, -0.2) is 9.97 Å². The lowest BCUT2D eigenvalue weighted by Gasteiger charge is -1.93. The zero-order chi connectivity index (χ0) is 9.54. The van der Waals surface area contributed by atoms with Crippen molar-refractivity contribution in [3.63, 3.8) is 0 Å². The van der Waals surface area contributed by atoms with Crippen molar-refractivity contribution in [1.82, 2.24) is 9.97 Å². The van der Waals surface area contributed by atoms with Gasteiger partial charge in [0.05, 0.1) is 0 Å². The smallest absolute Gasteiger partial charge is 0.247 e. The summed E-state index contributed by atoms with van der Waals surface area (Å²) in [5.74, 6) is 1.35. The maximum Gasteiger partial charge on any atom is 0.247 e. The lowest BCUT2D eigenvalue weighted by molar-refractivity contribution is 0.525. The number of fused-ring (bicyclic) bond motifs is 1. The molecule has 4 nitrogen and oxygen atoms in total. The van der Waals surface area contributed by atoms with Crippen molar-refractivity contribution in [3.8, 4) is 0 Å². The lowest BCUT2D eigenvalue weighted by Crippen LogP contribution is -1.97. The highest BCUT2D eigenvalue weighted by Crippen LogP contribution is 2.40. The number of oxazole rings is 1. The van der Waals surface area contributed by atoms with E-state index in [9.17, 15) is 0 Å². The molecule has 0 spiro atoms. The first-order valence-electron chi connectivity index (χ1n) is 4.83. The SMILES string of the molecule is NCc1ccnc2oc(C3CC3)nc12. The van der Waals surface area contributed by atoms with E-state index >= 15 is 0 Å². The zero-order valence-corrected chi connectivity index (χ0v) is 7.73. The van der Waals surface area contributed by atoms with Crippen LogP contribution in [0.1, 0.15) is 30.2 Å². The van der Waals surface area contributed by atoms with Crippen LogP contribution in [0.25, 0.3) is 11.2 Å². The number of hydrogen-bond acceptors (Lipinski definition) is 4. The summed E-state index contributed by atoms with van der Waals surface area (Å²) in [5.41, 5.74) is 8.06. The van der Waals surface area contributed by atoms with Crippen LogP contribution in [0.2, 0.25) is 0 Å². The fourth-order valence-electron chi connectivity index (χ4n) is 1.57. The van der Waals surface area contributed by atoms with Gasteiger partial charge in [0.25, 0.3) is 0 Å². The van der Waals surface area contributed by atoms with Gasteiger partial charge in [0, 0.05) is 18.7 Å². The van der Waals surface area contributed by atoms with Gasteiger partial charge in [-0.05, 0) is 24.5 Å². The average molecular weight is 189 g/mol. The lowest BCUT2D eigenvalue weighted by atomic mass is 10.2. The molecule has 3 rings (SSSR count). The van der Waals surface area contributed by atoms with E-state index in [1.807, 2.05) is 6.07 Å². The number of rotatable bonds is 2. The summed E-state index contributed by atoms with van der Waals surface area (Å²) >= 11 is 0. The molecule has 1 saturated carbocycles. The Kier molecular flexibility index (Phi) is 1.58. The Hall–Kier alpha value is -1.42. The number of nitrogens with zero attached hydrogens (tertiary/aromatic N) is 2. The minimum absolute atomic E-state index is 0.482. The first-order valence-corrected chi connectivity index (χ1v) is 4.83. The Morgan fingerprint density at radius 2 is 2.36 bits per heavy atom. The monoisotopic (exact) mass is 189 g/mol. The molecule has 0 saturated heterocycles. The maximum atomic E-state index is 5.61. The van der Waals surface area contributed by atoms with E-state index < -0.39 is 0 Å². The summed E-state index contributed by atoms with van der Waals surface area (Å²) in [6.07, 6.45) is 4.09. The summed E-state index contributed by atoms with van der Waals surface area (Å²) < 4.78 is 5.56. The Morgan fingerprint density at radius 1 is 1.50 bits per heavy atom. The van der Waals surface area contributed by atoms with Gasteiger partial charge in [-0.2, -0.15) is 0 Å². The third-order valence-corrected chi connectivity index (χ3v) is 2.54. The summed E-state index contributed by atoms with van der Waals surface area (Å²) in [7, 11) is 0. The fourth-order valence-corrected chi connectivity index (χ4v) is 1.57. The summed E-state index contributed by atoms with van der Waals surface area (Å²) in [5, 5.41) is 0. The highest BCUT2D eigenvalue weighted by molar-refractivity contribution is 5.72. The first-order chi connectivity index (χ1) is 6.88. The minimum atomic E-state index is 0.482. The van der Waals surface area contributed by atoms with Crippen molar-refractivity contribution in [1.29, 1.82) is 0 Å². The number of pyridine rings is 1. The van der Waals surface area contributed by atoms with Crippen LogP contribution in [-0.4, -0.2) is 9.97 Å². The average Bonchev–Trinajstić information content (AvgIpc) is 2.97. The maximum absolute atomic E-state index is 5.61. The molecule has 0 aliphatic heterocycles. The highest BCUT2D eigenvalue weighted by Gasteiger charge is 2.29. The van der Waals surface area contributed by atoms with Gasteiger partial charge in [-0.1, -0.05) is 0 Å². The van der Waals surface area contributed by atoms with Gasteiger partial charge in [-0.3, -0.25) is 0 Å². The zero-order valence-electron chi connectivity index (χ0n) is 7.73. The van der Waals surface area contributed by atoms with E-state index in [1.165, 1.54) is 12.8 Å². The Balaban J connectivity index is 2.20. The second-order valence-corrected chi connectivity index (χ2v) is 3.65. The summed E-state index contributed by atoms with van der Waals surface area (Å²) in [6.45, 7) is 0.482. The molecule has 1 fully saturated rings. The van der Waals surface area contributed by atoms with Gasteiger partial charge < -0.3 is 10.2 Å². The second-order valence-electron chi connectivity index (χ2n) is 3.65. The van der Waals surface area contributed by atoms with Gasteiger partial charge in [0.15, 0.2) is 0 Å². The van der Waals surface area contributed by atoms with E-state index in [2.05, 4.69) is 9.97 Å². The fraction of sp³-hybridized carbons (Fsp3) is 0.400. The largest absolute Gasteiger partial charge is 0.422 e. The molecule has 0 aromatic carbocycles. The molecule has 2 aromatic rings. The third-order valence-electron chi connectivity index (χ3n) is 2.54. The standard InChI is InChI=1S/C10H11N3O/c11-5-7-3-4-12-10-8(7)13-9(14-10)6-1-2-6/h3-4,6H,1-2,5,11H2. The topological polar surface area (TPSA) is 64.9 Å². The second kappa shape index (κ2) is 2.78. The summed E-state index contributed by atoms with van der Waals surface area (Å²) in [6, 6.07) is 1.89. The molecule has 72 valence electrons. The molecule has 1 aliphatic carbocycles. The quantitative estimate of drug-likeness (QED) is 0.778. The van der Waals surface area contributed by atoms with Crippen LogP contribution in [0, 0.1) is 0 Å². The molecule has 2 heterocycles. The predicted molar refractivity (Wildman–Crippen MR) is 51.7 cm³/mol. The molecule has 1 aliphatic rings. The van der Waals surface area contributed by atoms with E-state index in [4.69, 9.17) is 10.2 Å². The minimum Gasteiger partial charge on any atom is -0.422 e. The molecule has 0 unspecified atom stereocenters. The Morgan fingerprint density at radius 3 is 3.07 bits per heavy atom. The summed E-state index contributed by atoms with van der Waals surface area (Å²) in [4.78, 5) is 8.57. The molecular formula is C10H11N3O. The van der Waals surface area contributed by atoms with E-state index in [-0.39, 0.29) is 0 Å². The number of nitrogens with two attached hydrogens (primary N) is 1. The van der Waals surface area contributed by atoms with Crippen LogP contribution in [0.15, 0.2) is 16.7 Å². The van der Waals surface area contributed by atoms with Crippen molar-refractivity contribution in [2.24, 2.45) is 5.73 Å². The van der Waals surface area contributed by atoms with Crippen molar-refractivity contribution >= 4 is 11.2 Å². The van der Waals surface area contributed by atoms with Gasteiger partial charge in [0.2, 0.25) is 11.6 Å². The molecule has 2 aromatic heterocycles. The van der Waals surface area contributed by atoms with Gasteiger partial charge in [0.1, 0.15) is 5.52 Å². The molecule has 14 heavy (non-hydrogen) atoms. The molecule has 0 bridgehead atoms. The van der Waals surface area contributed by atoms with Crippen LogP contribution < -0.4 is 5.73 Å². The molecule has 0 amide bonds. The molecule has 0 radical (unpaired) electrons. The van der Waals surface area contributed by atoms with Crippen molar-refractivity contribution in [2.75, 3.05) is 0 Å². The molecule has 2 N–H and O–H groups in total. The van der Waals surface area contributed by atoms with Gasteiger partial charge in [-0.15, -0.1) is 0 Å². The molecule has 0 atom stereocenters. The Bertz CT molecular complexity index is 473. The van der Waals surface area contributed by atoms with Crippen molar-refractivity contribution in [2.45, 2.75) is 25.3 Å². The first kappa shape index (κ1) is 7.94. The predicted octanol–water partition coefficient (Wildman–Crippen LogP) is 1.56. The van der Waals surface area contributed by atoms with Crippen LogP contribution in [0.5, 0.6) is 0 Å². The third kappa shape index (κ3) is 1.11. The van der Waals surface area contributed by atoms with Crippen LogP contribution in [0.3, 0.4) is 0 Å². The molecule has 4 heteroatoms. The van der Waals surface area contributed by atoms with Crippen LogP contribution in [0.4, 0.5) is 0 Å².